The van der Waals surface area contributed by atoms with E-state index in [-0.39, 0.29) is 18.5 Å². The molecule has 1 rings (SSSR count). The highest BCUT2D eigenvalue weighted by Crippen LogP contribution is 2.16. The Labute approximate surface area is 96.4 Å². The van der Waals surface area contributed by atoms with Crippen molar-refractivity contribution in [2.45, 2.75) is 33.3 Å². The summed E-state index contributed by atoms with van der Waals surface area (Å²) in [5, 5.41) is 0. The van der Waals surface area contributed by atoms with Gasteiger partial charge in [0.05, 0.1) is 19.1 Å². The second-order valence-corrected chi connectivity index (χ2v) is 3.90. The molecule has 3 heteroatoms. The fraction of sp³-hybridized carbons (Fsp3) is 0.462. The number of rotatable bonds is 5. The van der Waals surface area contributed by atoms with Gasteiger partial charge in [-0.15, -0.1) is 0 Å². The van der Waals surface area contributed by atoms with E-state index >= 15 is 0 Å². The normalized spacial score (nSPS) is 10.2. The molecule has 88 valence electrons. The molecule has 0 radical (unpaired) electrons. The molecule has 16 heavy (non-hydrogen) atoms. The highest BCUT2D eigenvalue weighted by molar-refractivity contribution is 5.69. The summed E-state index contributed by atoms with van der Waals surface area (Å²) in [5.41, 5.74) is 1.07. The molecular weight excluding hydrogens is 204 g/mol. The molecule has 0 heterocycles. The molecule has 0 spiro atoms. The van der Waals surface area contributed by atoms with Crippen molar-refractivity contribution >= 4 is 5.97 Å². The monoisotopic (exact) mass is 222 g/mol. The van der Waals surface area contributed by atoms with E-state index in [4.69, 9.17) is 9.47 Å². The standard InChI is InChI=1S/C13H18O3/c1-10(2)16-13(14)8-9-15-12-7-5-4-6-11(12)3/h4-7,10H,8-9H2,1-3H3. The maximum absolute atomic E-state index is 11.2. The molecule has 1 aromatic carbocycles. The van der Waals surface area contributed by atoms with Crippen molar-refractivity contribution in [1.82, 2.24) is 0 Å². The molecule has 0 fully saturated rings. The van der Waals surface area contributed by atoms with Gasteiger partial charge in [-0.2, -0.15) is 0 Å². The van der Waals surface area contributed by atoms with Crippen molar-refractivity contribution < 1.29 is 14.3 Å². The first-order valence-corrected chi connectivity index (χ1v) is 5.47. The third-order valence-corrected chi connectivity index (χ3v) is 2.02. The van der Waals surface area contributed by atoms with Crippen molar-refractivity contribution in [2.75, 3.05) is 6.61 Å². The fourth-order valence-corrected chi connectivity index (χ4v) is 1.28. The van der Waals surface area contributed by atoms with Crippen LogP contribution < -0.4 is 4.74 Å². The summed E-state index contributed by atoms with van der Waals surface area (Å²) in [5.74, 6) is 0.600. The van der Waals surface area contributed by atoms with Gasteiger partial charge in [0.25, 0.3) is 0 Å². The molecule has 0 aliphatic heterocycles. The van der Waals surface area contributed by atoms with Gasteiger partial charge in [-0.3, -0.25) is 4.79 Å². The highest BCUT2D eigenvalue weighted by Gasteiger charge is 2.06. The second-order valence-electron chi connectivity index (χ2n) is 3.90. The van der Waals surface area contributed by atoms with Gasteiger partial charge in [-0.05, 0) is 32.4 Å². The van der Waals surface area contributed by atoms with Gasteiger partial charge in [0, 0.05) is 0 Å². The van der Waals surface area contributed by atoms with Gasteiger partial charge in [-0.25, -0.2) is 0 Å². The minimum atomic E-state index is -0.219. The zero-order chi connectivity index (χ0) is 12.0. The van der Waals surface area contributed by atoms with E-state index in [1.807, 2.05) is 45.0 Å². The van der Waals surface area contributed by atoms with Gasteiger partial charge in [-0.1, -0.05) is 18.2 Å². The van der Waals surface area contributed by atoms with E-state index in [2.05, 4.69) is 0 Å². The molecule has 0 unspecified atom stereocenters. The predicted octanol–water partition coefficient (Wildman–Crippen LogP) is 2.72. The van der Waals surface area contributed by atoms with E-state index < -0.39 is 0 Å². The van der Waals surface area contributed by atoms with Crippen LogP contribution in [-0.4, -0.2) is 18.7 Å². The third-order valence-electron chi connectivity index (χ3n) is 2.02. The molecule has 0 aromatic heterocycles. The molecule has 0 amide bonds. The number of benzene rings is 1. The predicted molar refractivity (Wildman–Crippen MR) is 62.5 cm³/mol. The van der Waals surface area contributed by atoms with Crippen LogP contribution in [-0.2, 0) is 9.53 Å². The number of hydrogen-bond acceptors (Lipinski definition) is 3. The molecule has 0 aliphatic rings. The molecule has 0 saturated heterocycles. The SMILES string of the molecule is Cc1ccccc1OCCC(=O)OC(C)C. The van der Waals surface area contributed by atoms with Crippen LogP contribution in [0.1, 0.15) is 25.8 Å². The van der Waals surface area contributed by atoms with Crippen molar-refractivity contribution in [3.8, 4) is 5.75 Å². The Hall–Kier alpha value is -1.51. The molecule has 1 aromatic rings. The van der Waals surface area contributed by atoms with E-state index in [9.17, 15) is 4.79 Å². The number of ether oxygens (including phenoxy) is 2. The molecule has 3 nitrogen and oxygen atoms in total. The van der Waals surface area contributed by atoms with Gasteiger partial charge in [0.15, 0.2) is 0 Å². The molecule has 0 saturated carbocycles. The number of para-hydroxylation sites is 1. The fourth-order valence-electron chi connectivity index (χ4n) is 1.28. The van der Waals surface area contributed by atoms with Crippen LogP contribution in [0, 0.1) is 6.92 Å². The number of esters is 1. The van der Waals surface area contributed by atoms with Crippen LogP contribution in [0.25, 0.3) is 0 Å². The van der Waals surface area contributed by atoms with Crippen LogP contribution in [0.5, 0.6) is 5.75 Å². The van der Waals surface area contributed by atoms with Crippen molar-refractivity contribution in [2.24, 2.45) is 0 Å². The minimum absolute atomic E-state index is 0.0639. The Morgan fingerprint density at radius 3 is 2.62 bits per heavy atom. The van der Waals surface area contributed by atoms with Gasteiger partial charge < -0.3 is 9.47 Å². The number of hydrogen-bond donors (Lipinski definition) is 0. The lowest BCUT2D eigenvalue weighted by molar-refractivity contribution is -0.147. The molecular formula is C13H18O3. The molecule has 0 bridgehead atoms. The van der Waals surface area contributed by atoms with E-state index in [0.29, 0.717) is 6.61 Å². The van der Waals surface area contributed by atoms with Crippen LogP contribution in [0.2, 0.25) is 0 Å². The minimum Gasteiger partial charge on any atom is -0.493 e. The lowest BCUT2D eigenvalue weighted by Gasteiger charge is -2.10. The van der Waals surface area contributed by atoms with Crippen molar-refractivity contribution in [3.63, 3.8) is 0 Å². The van der Waals surface area contributed by atoms with Gasteiger partial charge in [0.1, 0.15) is 5.75 Å². The Kier molecular flexibility index (Phi) is 4.83. The second kappa shape index (κ2) is 6.16. The number of carbonyl (C=O) groups is 1. The van der Waals surface area contributed by atoms with Gasteiger partial charge in [0.2, 0.25) is 0 Å². The Morgan fingerprint density at radius 2 is 2.00 bits per heavy atom. The summed E-state index contributed by atoms with van der Waals surface area (Å²) in [7, 11) is 0. The number of carbonyl (C=O) groups excluding carboxylic acids is 1. The van der Waals surface area contributed by atoms with E-state index in [1.165, 1.54) is 0 Å². The topological polar surface area (TPSA) is 35.5 Å². The number of aryl methyl sites for hydroxylation is 1. The largest absolute Gasteiger partial charge is 0.493 e. The first-order chi connectivity index (χ1) is 7.59. The Balaban J connectivity index is 2.31. The summed E-state index contributed by atoms with van der Waals surface area (Å²) in [6, 6.07) is 7.73. The molecule has 0 aliphatic carbocycles. The van der Waals surface area contributed by atoms with Gasteiger partial charge >= 0.3 is 5.97 Å². The maximum Gasteiger partial charge on any atom is 0.309 e. The smallest absolute Gasteiger partial charge is 0.309 e. The zero-order valence-electron chi connectivity index (χ0n) is 10.0. The lowest BCUT2D eigenvalue weighted by atomic mass is 10.2. The quantitative estimate of drug-likeness (QED) is 0.718. The average Bonchev–Trinajstić information content (AvgIpc) is 2.19. The third kappa shape index (κ3) is 4.34. The highest BCUT2D eigenvalue weighted by atomic mass is 16.5. The van der Waals surface area contributed by atoms with Crippen LogP contribution in [0.4, 0.5) is 0 Å². The van der Waals surface area contributed by atoms with Crippen molar-refractivity contribution in [3.05, 3.63) is 29.8 Å². The summed E-state index contributed by atoms with van der Waals surface area (Å²) in [6.07, 6.45) is 0.220. The first-order valence-electron chi connectivity index (χ1n) is 5.47. The zero-order valence-corrected chi connectivity index (χ0v) is 10.0. The summed E-state index contributed by atoms with van der Waals surface area (Å²) in [6.45, 7) is 6.00. The Bertz CT molecular complexity index is 345. The van der Waals surface area contributed by atoms with E-state index in [1.54, 1.807) is 0 Å². The first kappa shape index (κ1) is 12.6. The summed E-state index contributed by atoms with van der Waals surface area (Å²) >= 11 is 0. The van der Waals surface area contributed by atoms with Crippen molar-refractivity contribution in [1.29, 1.82) is 0 Å². The lowest BCUT2D eigenvalue weighted by Crippen LogP contribution is -2.14. The molecule has 0 atom stereocenters. The summed E-state index contributed by atoms with van der Waals surface area (Å²) in [4.78, 5) is 11.2. The maximum atomic E-state index is 11.2. The van der Waals surface area contributed by atoms with Crippen LogP contribution >= 0.6 is 0 Å². The van der Waals surface area contributed by atoms with Crippen LogP contribution in [0.3, 0.4) is 0 Å². The average molecular weight is 222 g/mol. The molecule has 0 N–H and O–H groups in total. The van der Waals surface area contributed by atoms with Crippen LogP contribution in [0.15, 0.2) is 24.3 Å². The summed E-state index contributed by atoms with van der Waals surface area (Å²) < 4.78 is 10.5. The van der Waals surface area contributed by atoms with E-state index in [0.717, 1.165) is 11.3 Å². The Morgan fingerprint density at radius 1 is 1.31 bits per heavy atom.